The number of aromatic hydroxyl groups is 1. The largest absolute Gasteiger partial charge is 0.507 e. The van der Waals surface area contributed by atoms with Crippen LogP contribution in [0.5, 0.6) is 5.75 Å². The van der Waals surface area contributed by atoms with Gasteiger partial charge in [-0.1, -0.05) is 29.8 Å². The molecule has 19 heavy (non-hydrogen) atoms. The van der Waals surface area contributed by atoms with Crippen LogP contribution in [0.15, 0.2) is 22.7 Å². The molecule has 2 N–H and O–H groups in total. The van der Waals surface area contributed by atoms with Crippen LogP contribution < -0.4 is 5.32 Å². The maximum atomic E-state index is 12.0. The molecule has 0 saturated carbocycles. The second kappa shape index (κ2) is 6.56. The van der Waals surface area contributed by atoms with E-state index in [2.05, 4.69) is 26.0 Å². The summed E-state index contributed by atoms with van der Waals surface area (Å²) in [5.41, 5.74) is 0.109. The molecule has 104 valence electrons. The van der Waals surface area contributed by atoms with Gasteiger partial charge < -0.3 is 15.2 Å². The predicted molar refractivity (Wildman–Crippen MR) is 73.9 cm³/mol. The highest BCUT2D eigenvalue weighted by Gasteiger charge is 2.26. The Hall–Kier alpha value is -1.56. The zero-order chi connectivity index (χ0) is 14.6. The lowest BCUT2D eigenvalue weighted by molar-refractivity contribution is -0.144. The zero-order valence-electron chi connectivity index (χ0n) is 10.9. The molecular formula is C13H16BrNO4. The molecule has 0 fully saturated rings. The number of hydrogen-bond acceptors (Lipinski definition) is 4. The fourth-order valence-electron chi connectivity index (χ4n) is 1.54. The average Bonchev–Trinajstić information content (AvgIpc) is 2.34. The van der Waals surface area contributed by atoms with E-state index in [1.54, 1.807) is 19.9 Å². The lowest BCUT2D eigenvalue weighted by Crippen LogP contribution is -2.45. The van der Waals surface area contributed by atoms with Gasteiger partial charge in [0.05, 0.1) is 12.7 Å². The molecule has 5 nitrogen and oxygen atoms in total. The van der Waals surface area contributed by atoms with Gasteiger partial charge in [0, 0.05) is 4.47 Å². The van der Waals surface area contributed by atoms with Crippen LogP contribution >= 0.6 is 15.9 Å². The van der Waals surface area contributed by atoms with Crippen molar-refractivity contribution in [3.8, 4) is 5.75 Å². The van der Waals surface area contributed by atoms with Gasteiger partial charge in [-0.25, -0.2) is 4.79 Å². The number of hydrogen-bond donors (Lipinski definition) is 2. The van der Waals surface area contributed by atoms with Crippen molar-refractivity contribution in [1.82, 2.24) is 5.32 Å². The SMILES string of the molecule is COC(=O)C(NC(=O)c1ccc(Br)cc1O)C(C)C. The third-order valence-electron chi connectivity index (χ3n) is 2.61. The molecule has 1 amide bonds. The highest BCUT2D eigenvalue weighted by Crippen LogP contribution is 2.22. The Balaban J connectivity index is 2.91. The van der Waals surface area contributed by atoms with Crippen LogP contribution in [0.4, 0.5) is 0 Å². The molecule has 0 aromatic heterocycles. The molecule has 6 heteroatoms. The van der Waals surface area contributed by atoms with Crippen molar-refractivity contribution in [1.29, 1.82) is 0 Å². The lowest BCUT2D eigenvalue weighted by atomic mass is 10.0. The number of esters is 1. The Morgan fingerprint density at radius 1 is 1.37 bits per heavy atom. The maximum Gasteiger partial charge on any atom is 0.328 e. The van der Waals surface area contributed by atoms with Crippen LogP contribution in [0.1, 0.15) is 24.2 Å². The van der Waals surface area contributed by atoms with Crippen LogP contribution in [-0.4, -0.2) is 30.1 Å². The van der Waals surface area contributed by atoms with E-state index in [0.717, 1.165) is 0 Å². The quantitative estimate of drug-likeness (QED) is 0.829. The first-order chi connectivity index (χ1) is 8.86. The van der Waals surface area contributed by atoms with Crippen molar-refractivity contribution in [3.05, 3.63) is 28.2 Å². The number of carbonyl (C=O) groups is 2. The molecule has 1 aromatic rings. The fourth-order valence-corrected chi connectivity index (χ4v) is 1.89. The van der Waals surface area contributed by atoms with E-state index in [1.165, 1.54) is 19.2 Å². The van der Waals surface area contributed by atoms with E-state index in [9.17, 15) is 14.7 Å². The summed E-state index contributed by atoms with van der Waals surface area (Å²) in [5.74, 6) is -1.30. The van der Waals surface area contributed by atoms with Crippen molar-refractivity contribution in [2.24, 2.45) is 5.92 Å². The Morgan fingerprint density at radius 3 is 2.47 bits per heavy atom. The second-order valence-corrected chi connectivity index (χ2v) is 5.30. The minimum atomic E-state index is -0.749. The molecule has 0 bridgehead atoms. The van der Waals surface area contributed by atoms with Crippen molar-refractivity contribution in [2.45, 2.75) is 19.9 Å². The van der Waals surface area contributed by atoms with Gasteiger partial charge in [-0.05, 0) is 24.1 Å². The molecule has 0 spiro atoms. The number of benzene rings is 1. The predicted octanol–water partition coefficient (Wildman–Crippen LogP) is 2.08. The molecule has 1 atom stereocenters. The van der Waals surface area contributed by atoms with E-state index in [4.69, 9.17) is 0 Å². The smallest absolute Gasteiger partial charge is 0.328 e. The summed E-state index contributed by atoms with van der Waals surface area (Å²) in [5, 5.41) is 12.3. The summed E-state index contributed by atoms with van der Waals surface area (Å²) in [6, 6.07) is 3.78. The molecule has 1 rings (SSSR count). The monoisotopic (exact) mass is 329 g/mol. The normalized spacial score (nSPS) is 12.1. The standard InChI is InChI=1S/C13H16BrNO4/c1-7(2)11(13(18)19-3)15-12(17)9-5-4-8(14)6-10(9)16/h4-7,11,16H,1-3H3,(H,15,17). The van der Waals surface area contributed by atoms with E-state index in [-0.39, 0.29) is 17.2 Å². The number of halogens is 1. The lowest BCUT2D eigenvalue weighted by Gasteiger charge is -2.20. The minimum absolute atomic E-state index is 0.109. The summed E-state index contributed by atoms with van der Waals surface area (Å²) in [6.45, 7) is 3.59. The first kappa shape index (κ1) is 15.5. The van der Waals surface area contributed by atoms with Gasteiger partial charge in [0.2, 0.25) is 0 Å². The molecule has 0 aliphatic carbocycles. The van der Waals surface area contributed by atoms with Crippen LogP contribution in [-0.2, 0) is 9.53 Å². The van der Waals surface area contributed by atoms with Crippen LogP contribution in [0.3, 0.4) is 0 Å². The van der Waals surface area contributed by atoms with Gasteiger partial charge in [-0.15, -0.1) is 0 Å². The Kier molecular flexibility index (Phi) is 5.35. The molecule has 0 heterocycles. The molecule has 0 aliphatic heterocycles. The molecule has 0 saturated heterocycles. The van der Waals surface area contributed by atoms with E-state index >= 15 is 0 Å². The number of amides is 1. The number of phenolic OH excluding ortho intramolecular Hbond substituents is 1. The van der Waals surface area contributed by atoms with Crippen molar-refractivity contribution >= 4 is 27.8 Å². The van der Waals surface area contributed by atoms with Gasteiger partial charge >= 0.3 is 5.97 Å². The van der Waals surface area contributed by atoms with Crippen molar-refractivity contribution in [2.75, 3.05) is 7.11 Å². The Bertz CT molecular complexity index is 488. The second-order valence-electron chi connectivity index (χ2n) is 4.38. The zero-order valence-corrected chi connectivity index (χ0v) is 12.5. The number of phenols is 1. The third-order valence-corrected chi connectivity index (χ3v) is 3.11. The Labute approximate surface area is 120 Å². The number of ether oxygens (including phenoxy) is 1. The highest BCUT2D eigenvalue weighted by atomic mass is 79.9. The van der Waals surface area contributed by atoms with E-state index in [0.29, 0.717) is 4.47 Å². The van der Waals surface area contributed by atoms with Crippen molar-refractivity contribution in [3.63, 3.8) is 0 Å². The van der Waals surface area contributed by atoms with Gasteiger partial charge in [-0.3, -0.25) is 4.79 Å². The van der Waals surface area contributed by atoms with Gasteiger partial charge in [0.15, 0.2) is 0 Å². The summed E-state index contributed by atoms with van der Waals surface area (Å²) >= 11 is 3.19. The van der Waals surface area contributed by atoms with Crippen LogP contribution in [0, 0.1) is 5.92 Å². The molecule has 0 aliphatic rings. The number of carbonyl (C=O) groups excluding carboxylic acids is 2. The summed E-state index contributed by atoms with van der Waals surface area (Å²) in [6.07, 6.45) is 0. The van der Waals surface area contributed by atoms with Crippen LogP contribution in [0.25, 0.3) is 0 Å². The summed E-state index contributed by atoms with van der Waals surface area (Å²) in [7, 11) is 1.26. The highest BCUT2D eigenvalue weighted by molar-refractivity contribution is 9.10. The first-order valence-electron chi connectivity index (χ1n) is 5.74. The number of nitrogens with one attached hydrogen (secondary N) is 1. The number of rotatable bonds is 4. The van der Waals surface area contributed by atoms with Gasteiger partial charge in [0.25, 0.3) is 5.91 Å². The maximum absolute atomic E-state index is 12.0. The molecule has 1 unspecified atom stereocenters. The summed E-state index contributed by atoms with van der Waals surface area (Å²) in [4.78, 5) is 23.6. The summed E-state index contributed by atoms with van der Waals surface area (Å²) < 4.78 is 5.30. The molecule has 0 radical (unpaired) electrons. The van der Waals surface area contributed by atoms with Gasteiger partial charge in [-0.2, -0.15) is 0 Å². The van der Waals surface area contributed by atoms with E-state index < -0.39 is 17.9 Å². The fraction of sp³-hybridized carbons (Fsp3) is 0.385. The average molecular weight is 330 g/mol. The minimum Gasteiger partial charge on any atom is -0.507 e. The Morgan fingerprint density at radius 2 is 2.00 bits per heavy atom. The van der Waals surface area contributed by atoms with Crippen LogP contribution in [0.2, 0.25) is 0 Å². The van der Waals surface area contributed by atoms with E-state index in [1.807, 2.05) is 0 Å². The van der Waals surface area contributed by atoms with Crippen molar-refractivity contribution < 1.29 is 19.4 Å². The topological polar surface area (TPSA) is 75.6 Å². The molecule has 1 aromatic carbocycles. The number of methoxy groups -OCH3 is 1. The molecular weight excluding hydrogens is 314 g/mol. The third kappa shape index (κ3) is 3.96. The van der Waals surface area contributed by atoms with Gasteiger partial charge in [0.1, 0.15) is 11.8 Å². The first-order valence-corrected chi connectivity index (χ1v) is 6.53.